The van der Waals surface area contributed by atoms with E-state index >= 15 is 0 Å². The molecule has 102 valence electrons. The monoisotopic (exact) mass is 268 g/mol. The molecule has 1 rings (SSSR count). The third kappa shape index (κ3) is 4.06. The maximum atomic E-state index is 13.5. The van der Waals surface area contributed by atoms with Gasteiger partial charge in [0, 0.05) is 0 Å². The highest BCUT2D eigenvalue weighted by Crippen LogP contribution is 2.10. The van der Waals surface area contributed by atoms with E-state index in [9.17, 15) is 18.8 Å². The van der Waals surface area contributed by atoms with Crippen molar-refractivity contribution in [2.24, 2.45) is 5.73 Å². The van der Waals surface area contributed by atoms with Crippen molar-refractivity contribution in [3.8, 4) is 0 Å². The molecule has 6 nitrogen and oxygen atoms in total. The summed E-state index contributed by atoms with van der Waals surface area (Å²) in [6.45, 7) is 1.65. The van der Waals surface area contributed by atoms with Crippen molar-refractivity contribution in [3.05, 3.63) is 35.1 Å². The van der Waals surface area contributed by atoms with Crippen LogP contribution in [-0.4, -0.2) is 28.9 Å². The molecule has 0 aliphatic heterocycles. The van der Waals surface area contributed by atoms with Gasteiger partial charge in [-0.2, -0.15) is 0 Å². The lowest BCUT2D eigenvalue weighted by atomic mass is 10.1. The minimum atomic E-state index is -1.48. The Morgan fingerprint density at radius 2 is 2.05 bits per heavy atom. The van der Waals surface area contributed by atoms with Gasteiger partial charge in [-0.3, -0.25) is 9.59 Å². The fourth-order valence-corrected chi connectivity index (χ4v) is 1.44. The lowest BCUT2D eigenvalue weighted by Gasteiger charge is -2.13. The summed E-state index contributed by atoms with van der Waals surface area (Å²) in [5, 5.41) is 10.9. The normalized spacial score (nSPS) is 11.7. The standard InChI is InChI=1S/C12H13FN2O4/c1-6-2-3-7(8(13)4-6)11(17)15-9(12(18)19)5-10(14)16/h2-4,9H,5H2,1H3,(H2,14,16)(H,15,17)(H,18,19)/t9-/m0/s1. The van der Waals surface area contributed by atoms with Crippen LogP contribution in [0.15, 0.2) is 18.2 Å². The van der Waals surface area contributed by atoms with E-state index in [1.54, 1.807) is 6.92 Å². The topological polar surface area (TPSA) is 109 Å². The van der Waals surface area contributed by atoms with Gasteiger partial charge in [-0.25, -0.2) is 9.18 Å². The van der Waals surface area contributed by atoms with Crippen molar-refractivity contribution in [2.75, 3.05) is 0 Å². The quantitative estimate of drug-likeness (QED) is 0.708. The number of aliphatic carboxylic acids is 1. The lowest BCUT2D eigenvalue weighted by molar-refractivity contribution is -0.140. The molecule has 1 aromatic carbocycles. The summed E-state index contributed by atoms with van der Waals surface area (Å²) in [6, 6.07) is 2.43. The molecular weight excluding hydrogens is 255 g/mol. The van der Waals surface area contributed by atoms with E-state index < -0.39 is 36.1 Å². The van der Waals surface area contributed by atoms with Gasteiger partial charge < -0.3 is 16.2 Å². The van der Waals surface area contributed by atoms with Crippen molar-refractivity contribution >= 4 is 17.8 Å². The molecular formula is C12H13FN2O4. The van der Waals surface area contributed by atoms with Crippen molar-refractivity contribution in [3.63, 3.8) is 0 Å². The number of benzene rings is 1. The molecule has 0 fully saturated rings. The van der Waals surface area contributed by atoms with Crippen LogP contribution in [0.25, 0.3) is 0 Å². The summed E-state index contributed by atoms with van der Waals surface area (Å²) in [7, 11) is 0. The average Bonchev–Trinajstić information content (AvgIpc) is 2.26. The van der Waals surface area contributed by atoms with Gasteiger partial charge in [0.1, 0.15) is 11.9 Å². The van der Waals surface area contributed by atoms with Gasteiger partial charge in [-0.05, 0) is 24.6 Å². The van der Waals surface area contributed by atoms with Gasteiger partial charge in [0.05, 0.1) is 12.0 Å². The van der Waals surface area contributed by atoms with Crippen LogP contribution in [0.4, 0.5) is 4.39 Å². The largest absolute Gasteiger partial charge is 0.480 e. The third-order valence-electron chi connectivity index (χ3n) is 2.38. The molecule has 1 atom stereocenters. The SMILES string of the molecule is Cc1ccc(C(=O)N[C@@H](CC(N)=O)C(=O)O)c(F)c1. The number of nitrogens with two attached hydrogens (primary N) is 1. The zero-order valence-electron chi connectivity index (χ0n) is 10.1. The van der Waals surface area contributed by atoms with Crippen LogP contribution in [0, 0.1) is 12.7 Å². The van der Waals surface area contributed by atoms with Crippen LogP contribution in [0.3, 0.4) is 0 Å². The third-order valence-corrected chi connectivity index (χ3v) is 2.38. The van der Waals surface area contributed by atoms with Crippen molar-refractivity contribution in [1.82, 2.24) is 5.32 Å². The number of carbonyl (C=O) groups is 3. The Morgan fingerprint density at radius 1 is 1.42 bits per heavy atom. The van der Waals surface area contributed by atoms with Gasteiger partial charge in [0.2, 0.25) is 5.91 Å². The Kier molecular flexibility index (Phi) is 4.57. The van der Waals surface area contributed by atoms with E-state index in [4.69, 9.17) is 10.8 Å². The number of hydrogen-bond acceptors (Lipinski definition) is 3. The predicted octanol–water partition coefficient (Wildman–Crippen LogP) is 0.193. The van der Waals surface area contributed by atoms with E-state index in [-0.39, 0.29) is 5.56 Å². The maximum absolute atomic E-state index is 13.5. The van der Waals surface area contributed by atoms with Crippen molar-refractivity contribution in [1.29, 1.82) is 0 Å². The van der Waals surface area contributed by atoms with E-state index in [1.807, 2.05) is 5.32 Å². The number of carboxylic acid groups (broad SMARTS) is 1. The Hall–Kier alpha value is -2.44. The van der Waals surface area contributed by atoms with Crippen molar-refractivity contribution in [2.45, 2.75) is 19.4 Å². The van der Waals surface area contributed by atoms with Crippen molar-refractivity contribution < 1.29 is 23.9 Å². The Morgan fingerprint density at radius 3 is 2.53 bits per heavy atom. The first-order valence-electron chi connectivity index (χ1n) is 5.39. The predicted molar refractivity (Wildman–Crippen MR) is 63.8 cm³/mol. The molecule has 19 heavy (non-hydrogen) atoms. The van der Waals surface area contributed by atoms with Crippen LogP contribution in [0.1, 0.15) is 22.3 Å². The number of nitrogens with one attached hydrogen (secondary N) is 1. The minimum absolute atomic E-state index is 0.290. The molecule has 0 unspecified atom stereocenters. The number of carboxylic acids is 1. The molecule has 0 aliphatic rings. The van der Waals surface area contributed by atoms with Gasteiger partial charge >= 0.3 is 5.97 Å². The van der Waals surface area contributed by atoms with Gasteiger partial charge in [0.15, 0.2) is 0 Å². The van der Waals surface area contributed by atoms with E-state index in [0.717, 1.165) is 6.07 Å². The number of carbonyl (C=O) groups excluding carboxylic acids is 2. The maximum Gasteiger partial charge on any atom is 0.326 e. The fourth-order valence-electron chi connectivity index (χ4n) is 1.44. The van der Waals surface area contributed by atoms with Crippen LogP contribution in [-0.2, 0) is 9.59 Å². The summed E-state index contributed by atoms with van der Waals surface area (Å²) in [6.07, 6.45) is -0.561. The zero-order chi connectivity index (χ0) is 14.6. The van der Waals surface area contributed by atoms with E-state index in [0.29, 0.717) is 5.56 Å². The number of rotatable bonds is 5. The van der Waals surface area contributed by atoms with Crippen LogP contribution in [0.2, 0.25) is 0 Å². The zero-order valence-corrected chi connectivity index (χ0v) is 10.1. The second-order valence-electron chi connectivity index (χ2n) is 4.02. The summed E-state index contributed by atoms with van der Waals surface area (Å²) >= 11 is 0. The van der Waals surface area contributed by atoms with Crippen LogP contribution < -0.4 is 11.1 Å². The number of hydrogen-bond donors (Lipinski definition) is 3. The highest BCUT2D eigenvalue weighted by Gasteiger charge is 2.23. The summed E-state index contributed by atoms with van der Waals surface area (Å²) in [5.41, 5.74) is 5.20. The molecule has 4 N–H and O–H groups in total. The first kappa shape index (κ1) is 14.6. The molecule has 1 aromatic rings. The number of halogens is 1. The Balaban J connectivity index is 2.87. The number of aryl methyl sites for hydroxylation is 1. The van der Waals surface area contributed by atoms with Gasteiger partial charge in [-0.15, -0.1) is 0 Å². The molecule has 2 amide bonds. The molecule has 0 radical (unpaired) electrons. The average molecular weight is 268 g/mol. The van der Waals surface area contributed by atoms with Gasteiger partial charge in [-0.1, -0.05) is 6.07 Å². The Labute approximate surface area is 108 Å². The molecule has 0 spiro atoms. The van der Waals surface area contributed by atoms with Gasteiger partial charge in [0.25, 0.3) is 5.91 Å². The van der Waals surface area contributed by atoms with Crippen LogP contribution >= 0.6 is 0 Å². The molecule has 0 bridgehead atoms. The molecule has 0 saturated carbocycles. The second-order valence-corrected chi connectivity index (χ2v) is 4.02. The smallest absolute Gasteiger partial charge is 0.326 e. The fraction of sp³-hybridized carbons (Fsp3) is 0.250. The molecule has 0 aromatic heterocycles. The molecule has 7 heteroatoms. The second kappa shape index (κ2) is 5.94. The summed E-state index contributed by atoms with van der Waals surface area (Å²) in [5.74, 6) is -3.97. The van der Waals surface area contributed by atoms with E-state index in [2.05, 4.69) is 0 Å². The lowest BCUT2D eigenvalue weighted by Crippen LogP contribution is -2.43. The molecule has 0 heterocycles. The minimum Gasteiger partial charge on any atom is -0.480 e. The highest BCUT2D eigenvalue weighted by molar-refractivity contribution is 5.97. The summed E-state index contributed by atoms with van der Waals surface area (Å²) < 4.78 is 13.5. The first-order chi connectivity index (χ1) is 8.81. The highest BCUT2D eigenvalue weighted by atomic mass is 19.1. The molecule has 0 saturated heterocycles. The molecule has 0 aliphatic carbocycles. The van der Waals surface area contributed by atoms with E-state index in [1.165, 1.54) is 12.1 Å². The number of amides is 2. The summed E-state index contributed by atoms with van der Waals surface area (Å²) in [4.78, 5) is 33.2. The van der Waals surface area contributed by atoms with Crippen LogP contribution in [0.5, 0.6) is 0 Å². The first-order valence-corrected chi connectivity index (χ1v) is 5.39. The number of primary amides is 1. The Bertz CT molecular complexity index is 530.